The molecule has 0 saturated heterocycles. The van der Waals surface area contributed by atoms with Gasteiger partial charge >= 0.3 is 6.09 Å². The topological polar surface area (TPSA) is 126 Å². The number of carbonyl (C=O) groups is 1. The normalized spacial score (nSPS) is 11.3. The number of hydrogen-bond donors (Lipinski definition) is 3. The van der Waals surface area contributed by atoms with Gasteiger partial charge in [-0.2, -0.15) is 0 Å². The minimum atomic E-state index is -4.39. The summed E-state index contributed by atoms with van der Waals surface area (Å²) in [6, 6.07) is 6.95. The first kappa shape index (κ1) is 21.1. The molecule has 0 bridgehead atoms. The van der Waals surface area contributed by atoms with Crippen LogP contribution in [0.3, 0.4) is 0 Å². The van der Waals surface area contributed by atoms with Crippen molar-refractivity contribution in [2.24, 2.45) is 0 Å². The van der Waals surface area contributed by atoms with Crippen molar-refractivity contribution in [1.29, 1.82) is 0 Å². The maximum Gasteiger partial charge on any atom is 0.417 e. The summed E-state index contributed by atoms with van der Waals surface area (Å²) in [7, 11) is -4.39. The summed E-state index contributed by atoms with van der Waals surface area (Å²) in [4.78, 5) is 22.2. The molecule has 0 unspecified atom stereocenters. The lowest BCUT2D eigenvalue weighted by Gasteiger charge is -2.13. The van der Waals surface area contributed by atoms with Crippen LogP contribution in [0.4, 0.5) is 29.3 Å². The Hall–Kier alpha value is -4.13. The van der Waals surface area contributed by atoms with E-state index in [0.29, 0.717) is 11.2 Å². The number of pyridine rings is 1. The standard InChI is InChI=1S/C19H12F3N5O4S/c20-10-2-1-3-12(6-10)32(29,30)27-14-5-4-13(21)17(16(14)22)26-19(28)31-11-7-15-18(23-8-11)25-9-24-15/h1-9,27H,(H,26,28)(H,23,24,25). The summed E-state index contributed by atoms with van der Waals surface area (Å²) in [5.41, 5.74) is -0.800. The van der Waals surface area contributed by atoms with Crippen LogP contribution < -0.4 is 14.8 Å². The van der Waals surface area contributed by atoms with Crippen LogP contribution in [-0.2, 0) is 10.0 Å². The number of aromatic nitrogens is 3. The molecule has 0 aliphatic heterocycles. The van der Waals surface area contributed by atoms with E-state index in [4.69, 9.17) is 4.74 Å². The molecule has 2 heterocycles. The van der Waals surface area contributed by atoms with Gasteiger partial charge in [-0.25, -0.2) is 36.4 Å². The van der Waals surface area contributed by atoms with Gasteiger partial charge in [-0.15, -0.1) is 0 Å². The van der Waals surface area contributed by atoms with Crippen LogP contribution in [0.5, 0.6) is 5.75 Å². The van der Waals surface area contributed by atoms with Crippen molar-refractivity contribution in [3.8, 4) is 5.75 Å². The molecule has 13 heteroatoms. The first-order chi connectivity index (χ1) is 15.2. The molecule has 9 nitrogen and oxygen atoms in total. The zero-order valence-electron chi connectivity index (χ0n) is 15.8. The quantitative estimate of drug-likeness (QED) is 0.414. The highest BCUT2D eigenvalue weighted by Crippen LogP contribution is 2.28. The predicted octanol–water partition coefficient (Wildman–Crippen LogP) is 3.79. The Kier molecular flexibility index (Phi) is 5.40. The monoisotopic (exact) mass is 463 g/mol. The van der Waals surface area contributed by atoms with Crippen molar-refractivity contribution in [3.63, 3.8) is 0 Å². The minimum Gasteiger partial charge on any atom is -0.408 e. The number of amides is 1. The number of nitrogens with zero attached hydrogens (tertiary/aromatic N) is 2. The van der Waals surface area contributed by atoms with E-state index in [2.05, 4.69) is 15.0 Å². The Morgan fingerprint density at radius 3 is 2.66 bits per heavy atom. The number of sulfonamides is 1. The van der Waals surface area contributed by atoms with Gasteiger partial charge in [-0.3, -0.25) is 10.0 Å². The molecule has 4 aromatic rings. The highest BCUT2D eigenvalue weighted by Gasteiger charge is 2.22. The van der Waals surface area contributed by atoms with E-state index >= 15 is 0 Å². The van der Waals surface area contributed by atoms with Crippen LogP contribution in [0.2, 0.25) is 0 Å². The van der Waals surface area contributed by atoms with E-state index in [1.807, 2.05) is 10.0 Å². The Morgan fingerprint density at radius 2 is 1.88 bits per heavy atom. The van der Waals surface area contributed by atoms with Crippen LogP contribution in [0.1, 0.15) is 0 Å². The fraction of sp³-hybridized carbons (Fsp3) is 0. The average molecular weight is 463 g/mol. The first-order valence-electron chi connectivity index (χ1n) is 8.77. The molecule has 32 heavy (non-hydrogen) atoms. The van der Waals surface area contributed by atoms with Crippen molar-refractivity contribution in [1.82, 2.24) is 15.0 Å². The second kappa shape index (κ2) is 8.19. The number of rotatable bonds is 5. The van der Waals surface area contributed by atoms with E-state index in [9.17, 15) is 26.4 Å². The summed E-state index contributed by atoms with van der Waals surface area (Å²) >= 11 is 0. The average Bonchev–Trinajstić information content (AvgIpc) is 3.21. The Labute approximate surface area is 178 Å². The Bertz CT molecular complexity index is 1440. The summed E-state index contributed by atoms with van der Waals surface area (Å²) in [6.45, 7) is 0. The van der Waals surface area contributed by atoms with Crippen molar-refractivity contribution < 1.29 is 31.1 Å². The molecular formula is C19H12F3N5O4S. The summed E-state index contributed by atoms with van der Waals surface area (Å²) in [5.74, 6) is -3.46. The number of nitrogens with one attached hydrogen (secondary N) is 3. The van der Waals surface area contributed by atoms with E-state index in [1.54, 1.807) is 0 Å². The summed E-state index contributed by atoms with van der Waals surface area (Å²) in [6.07, 6.45) is 1.30. The van der Waals surface area contributed by atoms with Gasteiger partial charge in [0, 0.05) is 6.07 Å². The van der Waals surface area contributed by atoms with E-state index in [-0.39, 0.29) is 5.75 Å². The third-order valence-electron chi connectivity index (χ3n) is 4.13. The number of benzene rings is 2. The molecular weight excluding hydrogens is 451 g/mol. The number of H-pyrrole nitrogens is 1. The molecule has 2 aromatic heterocycles. The van der Waals surface area contributed by atoms with Gasteiger partial charge in [-0.1, -0.05) is 6.07 Å². The molecule has 0 atom stereocenters. The van der Waals surface area contributed by atoms with Gasteiger partial charge < -0.3 is 9.72 Å². The number of ether oxygens (including phenoxy) is 1. The van der Waals surface area contributed by atoms with Crippen LogP contribution in [-0.4, -0.2) is 29.5 Å². The van der Waals surface area contributed by atoms with Crippen molar-refractivity contribution in [3.05, 3.63) is 72.4 Å². The van der Waals surface area contributed by atoms with Gasteiger partial charge in [0.25, 0.3) is 10.0 Å². The minimum absolute atomic E-state index is 0.0389. The number of halogens is 3. The molecule has 0 aliphatic rings. The second-order valence-corrected chi connectivity index (χ2v) is 7.99. The molecule has 164 valence electrons. The molecule has 0 spiro atoms. The number of hydrogen-bond acceptors (Lipinski definition) is 6. The predicted molar refractivity (Wildman–Crippen MR) is 107 cm³/mol. The molecule has 0 saturated carbocycles. The van der Waals surface area contributed by atoms with Crippen molar-refractivity contribution in [2.45, 2.75) is 4.90 Å². The van der Waals surface area contributed by atoms with Crippen LogP contribution in [0, 0.1) is 17.5 Å². The highest BCUT2D eigenvalue weighted by molar-refractivity contribution is 7.92. The number of imidazole rings is 1. The molecule has 2 aromatic carbocycles. The molecule has 0 radical (unpaired) electrons. The fourth-order valence-corrected chi connectivity index (χ4v) is 3.78. The van der Waals surface area contributed by atoms with Gasteiger partial charge in [0.05, 0.1) is 28.6 Å². The van der Waals surface area contributed by atoms with Gasteiger partial charge in [0.1, 0.15) is 17.3 Å². The van der Waals surface area contributed by atoms with Gasteiger partial charge in [0.15, 0.2) is 17.2 Å². The number of carbonyl (C=O) groups excluding carboxylic acids is 1. The van der Waals surface area contributed by atoms with Crippen molar-refractivity contribution in [2.75, 3.05) is 10.0 Å². The van der Waals surface area contributed by atoms with E-state index in [0.717, 1.165) is 36.4 Å². The van der Waals surface area contributed by atoms with Crippen LogP contribution >= 0.6 is 0 Å². The summed E-state index contributed by atoms with van der Waals surface area (Å²) < 4.78 is 73.9. The number of anilines is 2. The zero-order chi connectivity index (χ0) is 22.9. The van der Waals surface area contributed by atoms with Gasteiger partial charge in [-0.05, 0) is 30.3 Å². The molecule has 3 N–H and O–H groups in total. The van der Waals surface area contributed by atoms with E-state index < -0.39 is 49.8 Å². The van der Waals surface area contributed by atoms with E-state index in [1.165, 1.54) is 18.6 Å². The summed E-state index contributed by atoms with van der Waals surface area (Å²) in [5, 5.41) is 1.88. The lowest BCUT2D eigenvalue weighted by molar-refractivity contribution is 0.215. The molecule has 0 fully saturated rings. The van der Waals surface area contributed by atoms with Gasteiger partial charge in [0.2, 0.25) is 0 Å². The number of aromatic amines is 1. The van der Waals surface area contributed by atoms with Crippen molar-refractivity contribution >= 4 is 38.7 Å². The molecule has 4 rings (SSSR count). The molecule has 0 aliphatic carbocycles. The third-order valence-corrected chi connectivity index (χ3v) is 5.49. The lowest BCUT2D eigenvalue weighted by Crippen LogP contribution is -2.20. The smallest absolute Gasteiger partial charge is 0.408 e. The van der Waals surface area contributed by atoms with Crippen LogP contribution in [0.25, 0.3) is 11.2 Å². The van der Waals surface area contributed by atoms with Crippen LogP contribution in [0.15, 0.2) is 59.9 Å². The maximum atomic E-state index is 14.8. The zero-order valence-corrected chi connectivity index (χ0v) is 16.6. The first-order valence-corrected chi connectivity index (χ1v) is 10.3. The Morgan fingerprint density at radius 1 is 1.06 bits per heavy atom. The fourth-order valence-electron chi connectivity index (χ4n) is 2.68. The maximum absolute atomic E-state index is 14.8. The molecule has 1 amide bonds. The largest absolute Gasteiger partial charge is 0.417 e. The SMILES string of the molecule is O=C(Nc1c(F)ccc(NS(=O)(=O)c2cccc(F)c2)c1F)Oc1cnc2nc[nH]c2c1. The second-order valence-electron chi connectivity index (χ2n) is 6.31. The third kappa shape index (κ3) is 4.32. The highest BCUT2D eigenvalue weighted by atomic mass is 32.2. The lowest BCUT2D eigenvalue weighted by atomic mass is 10.2. The Balaban J connectivity index is 1.55. The number of fused-ring (bicyclic) bond motifs is 1.